The van der Waals surface area contributed by atoms with Crippen LogP contribution in [0.3, 0.4) is 0 Å². The summed E-state index contributed by atoms with van der Waals surface area (Å²) in [5, 5.41) is 9.39. The zero-order valence-corrected chi connectivity index (χ0v) is 9.72. The lowest BCUT2D eigenvalue weighted by Crippen LogP contribution is -1.89. The molecule has 1 atom stereocenters. The fourth-order valence-corrected chi connectivity index (χ4v) is 1.51. The lowest BCUT2D eigenvalue weighted by Gasteiger charge is -2.02. The smallest absolute Gasteiger partial charge is 0.0761 e. The summed E-state index contributed by atoms with van der Waals surface area (Å²) >= 11 is 0. The molecule has 0 saturated carbocycles. The Kier molecular flexibility index (Phi) is 3.59. The van der Waals surface area contributed by atoms with Gasteiger partial charge in [-0.25, -0.2) is 0 Å². The summed E-state index contributed by atoms with van der Waals surface area (Å²) in [6, 6.07) is 17.5. The van der Waals surface area contributed by atoms with Gasteiger partial charge in [0.1, 0.15) is 0 Å². The van der Waals surface area contributed by atoms with Crippen molar-refractivity contribution in [3.8, 4) is 11.8 Å². The highest BCUT2D eigenvalue weighted by atomic mass is 16.3. The molecule has 17 heavy (non-hydrogen) atoms. The first-order valence-electron chi connectivity index (χ1n) is 5.61. The molecule has 1 heteroatoms. The van der Waals surface area contributed by atoms with Crippen molar-refractivity contribution in [2.45, 2.75) is 13.0 Å². The lowest BCUT2D eigenvalue weighted by atomic mass is 10.1. The van der Waals surface area contributed by atoms with Gasteiger partial charge >= 0.3 is 0 Å². The summed E-state index contributed by atoms with van der Waals surface area (Å²) in [5.41, 5.74) is 2.88. The first kappa shape index (κ1) is 11.4. The van der Waals surface area contributed by atoms with Crippen LogP contribution in [0.5, 0.6) is 0 Å². The van der Waals surface area contributed by atoms with Gasteiger partial charge in [-0.2, -0.15) is 0 Å². The van der Waals surface area contributed by atoms with E-state index in [9.17, 15) is 5.11 Å². The molecule has 0 aromatic heterocycles. The normalized spacial score (nSPS) is 11.4. The number of aliphatic hydroxyl groups is 1. The fourth-order valence-electron chi connectivity index (χ4n) is 1.51. The second kappa shape index (κ2) is 5.34. The van der Waals surface area contributed by atoms with E-state index >= 15 is 0 Å². The van der Waals surface area contributed by atoms with Crippen LogP contribution in [0.15, 0.2) is 54.6 Å². The van der Waals surface area contributed by atoms with Gasteiger partial charge in [0.05, 0.1) is 6.10 Å². The number of hydrogen-bond acceptors (Lipinski definition) is 1. The van der Waals surface area contributed by atoms with Crippen LogP contribution in [0.25, 0.3) is 0 Å². The van der Waals surface area contributed by atoms with Crippen LogP contribution in [0.1, 0.15) is 29.7 Å². The second-order valence-corrected chi connectivity index (χ2v) is 3.91. The Labute approximate surface area is 102 Å². The molecule has 84 valence electrons. The van der Waals surface area contributed by atoms with Gasteiger partial charge in [-0.15, -0.1) is 0 Å². The van der Waals surface area contributed by atoms with Crippen molar-refractivity contribution < 1.29 is 5.11 Å². The van der Waals surface area contributed by atoms with Crippen LogP contribution in [0.2, 0.25) is 0 Å². The third-order valence-electron chi connectivity index (χ3n) is 2.52. The van der Waals surface area contributed by atoms with Crippen molar-refractivity contribution in [1.29, 1.82) is 0 Å². The van der Waals surface area contributed by atoms with E-state index in [-0.39, 0.29) is 0 Å². The molecule has 1 N–H and O–H groups in total. The van der Waals surface area contributed by atoms with Gasteiger partial charge in [0, 0.05) is 11.1 Å². The van der Waals surface area contributed by atoms with Crippen molar-refractivity contribution in [3.63, 3.8) is 0 Å². The van der Waals surface area contributed by atoms with E-state index in [1.807, 2.05) is 54.6 Å². The van der Waals surface area contributed by atoms with Crippen molar-refractivity contribution in [3.05, 3.63) is 71.3 Å². The van der Waals surface area contributed by atoms with Crippen LogP contribution < -0.4 is 0 Å². The molecule has 0 heterocycles. The van der Waals surface area contributed by atoms with Gasteiger partial charge in [0.25, 0.3) is 0 Å². The Morgan fingerprint density at radius 3 is 1.88 bits per heavy atom. The molecule has 0 radical (unpaired) electrons. The standard InChI is InChI=1S/C16H14O/c1-13(17)16-11-9-15(10-12-16)8-7-14-5-3-2-4-6-14/h2-6,9-13,17H,1H3/t13-/m0/s1. The fraction of sp³-hybridized carbons (Fsp3) is 0.125. The topological polar surface area (TPSA) is 20.2 Å². The first-order valence-corrected chi connectivity index (χ1v) is 5.61. The number of aliphatic hydroxyl groups excluding tert-OH is 1. The summed E-state index contributed by atoms with van der Waals surface area (Å²) < 4.78 is 0. The average Bonchev–Trinajstić information content (AvgIpc) is 2.38. The summed E-state index contributed by atoms with van der Waals surface area (Å²) in [6.45, 7) is 1.75. The highest BCUT2D eigenvalue weighted by molar-refractivity contribution is 5.43. The summed E-state index contributed by atoms with van der Waals surface area (Å²) in [7, 11) is 0. The zero-order chi connectivity index (χ0) is 12.1. The molecule has 0 aliphatic heterocycles. The van der Waals surface area contributed by atoms with Crippen molar-refractivity contribution in [1.82, 2.24) is 0 Å². The predicted octanol–water partition coefficient (Wildman–Crippen LogP) is 3.14. The molecule has 0 fully saturated rings. The minimum absolute atomic E-state index is 0.425. The molecule has 2 aromatic carbocycles. The lowest BCUT2D eigenvalue weighted by molar-refractivity contribution is 0.199. The molecule has 0 saturated heterocycles. The number of hydrogen-bond donors (Lipinski definition) is 1. The highest BCUT2D eigenvalue weighted by Crippen LogP contribution is 2.12. The molecule has 2 aromatic rings. The maximum atomic E-state index is 9.39. The van der Waals surface area contributed by atoms with Gasteiger partial charge in [-0.3, -0.25) is 0 Å². The third kappa shape index (κ3) is 3.21. The van der Waals surface area contributed by atoms with E-state index < -0.39 is 6.10 Å². The SMILES string of the molecule is C[C@H](O)c1ccc(C#Cc2ccccc2)cc1. The second-order valence-electron chi connectivity index (χ2n) is 3.91. The molecule has 2 rings (SSSR count). The largest absolute Gasteiger partial charge is 0.389 e. The zero-order valence-electron chi connectivity index (χ0n) is 9.72. The third-order valence-corrected chi connectivity index (χ3v) is 2.52. The highest BCUT2D eigenvalue weighted by Gasteiger charge is 1.98. The monoisotopic (exact) mass is 222 g/mol. The molecule has 0 unspecified atom stereocenters. The summed E-state index contributed by atoms with van der Waals surface area (Å²) in [5.74, 6) is 6.19. The minimum atomic E-state index is -0.425. The van der Waals surface area contributed by atoms with Gasteiger partial charge in [0.15, 0.2) is 0 Å². The van der Waals surface area contributed by atoms with Gasteiger partial charge in [-0.05, 0) is 36.8 Å². The van der Waals surface area contributed by atoms with Crippen molar-refractivity contribution in [2.75, 3.05) is 0 Å². The molecule has 0 amide bonds. The van der Waals surface area contributed by atoms with E-state index in [4.69, 9.17) is 0 Å². The maximum absolute atomic E-state index is 9.39. The summed E-state index contributed by atoms with van der Waals surface area (Å²) in [4.78, 5) is 0. The van der Waals surface area contributed by atoms with E-state index in [2.05, 4.69) is 11.8 Å². The molecule has 0 bridgehead atoms. The van der Waals surface area contributed by atoms with Gasteiger partial charge in [0.2, 0.25) is 0 Å². The van der Waals surface area contributed by atoms with Crippen LogP contribution in [0.4, 0.5) is 0 Å². The van der Waals surface area contributed by atoms with Crippen LogP contribution in [0, 0.1) is 11.8 Å². The van der Waals surface area contributed by atoms with Crippen LogP contribution in [-0.4, -0.2) is 5.11 Å². The maximum Gasteiger partial charge on any atom is 0.0761 e. The van der Waals surface area contributed by atoms with Crippen molar-refractivity contribution >= 4 is 0 Å². The molecule has 0 aliphatic carbocycles. The Morgan fingerprint density at radius 2 is 1.35 bits per heavy atom. The Bertz CT molecular complexity index is 527. The molecular formula is C16H14O. The quantitative estimate of drug-likeness (QED) is 0.735. The Balaban J connectivity index is 2.17. The molecule has 1 nitrogen and oxygen atoms in total. The predicted molar refractivity (Wildman–Crippen MR) is 69.5 cm³/mol. The van der Waals surface area contributed by atoms with Crippen molar-refractivity contribution in [2.24, 2.45) is 0 Å². The first-order chi connectivity index (χ1) is 8.25. The Hall–Kier alpha value is -2.04. The minimum Gasteiger partial charge on any atom is -0.389 e. The van der Waals surface area contributed by atoms with Crippen LogP contribution >= 0.6 is 0 Å². The number of benzene rings is 2. The van der Waals surface area contributed by atoms with E-state index in [0.717, 1.165) is 16.7 Å². The van der Waals surface area contributed by atoms with Crippen LogP contribution in [-0.2, 0) is 0 Å². The molecule has 0 aliphatic rings. The van der Waals surface area contributed by atoms with Gasteiger partial charge in [-0.1, -0.05) is 42.2 Å². The molecule has 0 spiro atoms. The van der Waals surface area contributed by atoms with E-state index in [1.54, 1.807) is 6.92 Å². The Morgan fingerprint density at radius 1 is 0.824 bits per heavy atom. The number of rotatable bonds is 1. The van der Waals surface area contributed by atoms with E-state index in [0.29, 0.717) is 0 Å². The van der Waals surface area contributed by atoms with E-state index in [1.165, 1.54) is 0 Å². The van der Waals surface area contributed by atoms with Gasteiger partial charge < -0.3 is 5.11 Å². The average molecular weight is 222 g/mol. The molecular weight excluding hydrogens is 208 g/mol. The summed E-state index contributed by atoms with van der Waals surface area (Å²) in [6.07, 6.45) is -0.425.